The van der Waals surface area contributed by atoms with Crippen molar-refractivity contribution < 1.29 is 4.74 Å². The van der Waals surface area contributed by atoms with Gasteiger partial charge in [-0.1, -0.05) is 6.92 Å². The second-order valence-electron chi connectivity index (χ2n) is 3.90. The lowest BCUT2D eigenvalue weighted by Gasteiger charge is -2.09. The molecule has 0 bridgehead atoms. The molecule has 2 N–H and O–H groups in total. The maximum atomic E-state index is 5.35. The fraction of sp³-hybridized carbons (Fsp3) is 0.500. The van der Waals surface area contributed by atoms with Crippen LogP contribution in [-0.4, -0.2) is 33.1 Å². The molecule has 0 amide bonds. The van der Waals surface area contributed by atoms with Gasteiger partial charge in [0.2, 0.25) is 11.9 Å². The number of anilines is 2. The van der Waals surface area contributed by atoms with Gasteiger partial charge in [0.15, 0.2) is 0 Å². The number of nitrogens with one attached hydrogen (secondary N) is 2. The molecule has 0 aromatic carbocycles. The minimum absolute atomic E-state index is 0.322. The standard InChI is InChI=1S/C12H18N6OS/c1-3-5-14-10-16-11(18-12(17-10)19-4-2)15-8-9-13-6-7-20-9/h6-7H,3-5,8H2,1-2H3,(H2,14,15,16,17,18). The van der Waals surface area contributed by atoms with Crippen molar-refractivity contribution in [2.75, 3.05) is 23.8 Å². The first-order chi connectivity index (χ1) is 9.81. The minimum atomic E-state index is 0.322. The van der Waals surface area contributed by atoms with Crippen molar-refractivity contribution >= 4 is 23.2 Å². The van der Waals surface area contributed by atoms with Gasteiger partial charge in [0, 0.05) is 18.1 Å². The van der Waals surface area contributed by atoms with Gasteiger partial charge in [0.1, 0.15) is 5.01 Å². The van der Waals surface area contributed by atoms with E-state index in [1.54, 1.807) is 17.5 Å². The summed E-state index contributed by atoms with van der Waals surface area (Å²) in [7, 11) is 0. The molecule has 20 heavy (non-hydrogen) atoms. The van der Waals surface area contributed by atoms with Crippen LogP contribution in [0.1, 0.15) is 25.3 Å². The summed E-state index contributed by atoms with van der Waals surface area (Å²) in [6, 6.07) is 0.322. The van der Waals surface area contributed by atoms with E-state index >= 15 is 0 Å². The van der Waals surface area contributed by atoms with E-state index in [1.807, 2.05) is 12.3 Å². The average Bonchev–Trinajstić information content (AvgIpc) is 2.96. The molecule has 0 aliphatic heterocycles. The topological polar surface area (TPSA) is 84.9 Å². The molecule has 0 unspecified atom stereocenters. The highest BCUT2D eigenvalue weighted by molar-refractivity contribution is 7.09. The number of ether oxygens (including phenoxy) is 1. The summed E-state index contributed by atoms with van der Waals surface area (Å²) in [4.78, 5) is 16.9. The summed E-state index contributed by atoms with van der Waals surface area (Å²) in [5.74, 6) is 1.00. The normalized spacial score (nSPS) is 10.3. The Bertz CT molecular complexity index is 519. The van der Waals surface area contributed by atoms with E-state index in [4.69, 9.17) is 4.74 Å². The summed E-state index contributed by atoms with van der Waals surface area (Å²) in [6.07, 6.45) is 2.77. The zero-order valence-electron chi connectivity index (χ0n) is 11.6. The van der Waals surface area contributed by atoms with Gasteiger partial charge in [-0.05, 0) is 13.3 Å². The molecule has 0 radical (unpaired) electrons. The van der Waals surface area contributed by atoms with Crippen LogP contribution in [0.2, 0.25) is 0 Å². The summed E-state index contributed by atoms with van der Waals surface area (Å²) >= 11 is 1.58. The molecule has 0 aliphatic carbocycles. The van der Waals surface area contributed by atoms with E-state index in [-0.39, 0.29) is 0 Å². The van der Waals surface area contributed by atoms with Crippen LogP contribution < -0.4 is 15.4 Å². The van der Waals surface area contributed by atoms with E-state index < -0.39 is 0 Å². The molecule has 2 heterocycles. The average molecular weight is 294 g/mol. The Labute approximate surface area is 121 Å². The number of nitrogens with zero attached hydrogens (tertiary/aromatic N) is 4. The Hall–Kier alpha value is -1.96. The molecule has 0 aliphatic rings. The third kappa shape index (κ3) is 4.30. The highest BCUT2D eigenvalue weighted by Gasteiger charge is 2.07. The van der Waals surface area contributed by atoms with Gasteiger partial charge in [-0.25, -0.2) is 4.98 Å². The van der Waals surface area contributed by atoms with Crippen LogP contribution in [0, 0.1) is 0 Å². The zero-order valence-corrected chi connectivity index (χ0v) is 12.4. The Morgan fingerprint density at radius 2 is 1.95 bits per heavy atom. The molecular weight excluding hydrogens is 276 g/mol. The van der Waals surface area contributed by atoms with E-state index in [2.05, 4.69) is 37.5 Å². The van der Waals surface area contributed by atoms with Crippen LogP contribution in [0.4, 0.5) is 11.9 Å². The predicted octanol–water partition coefficient (Wildman–Crippen LogP) is 2.16. The van der Waals surface area contributed by atoms with Crippen molar-refractivity contribution in [3.8, 4) is 6.01 Å². The van der Waals surface area contributed by atoms with E-state index in [0.29, 0.717) is 31.1 Å². The largest absolute Gasteiger partial charge is 0.464 e. The van der Waals surface area contributed by atoms with Crippen molar-refractivity contribution in [1.82, 2.24) is 19.9 Å². The Morgan fingerprint density at radius 3 is 2.60 bits per heavy atom. The van der Waals surface area contributed by atoms with Crippen molar-refractivity contribution in [2.24, 2.45) is 0 Å². The quantitative estimate of drug-likeness (QED) is 0.771. The van der Waals surface area contributed by atoms with Crippen LogP contribution in [0.25, 0.3) is 0 Å². The van der Waals surface area contributed by atoms with Gasteiger partial charge in [-0.15, -0.1) is 11.3 Å². The fourth-order valence-electron chi connectivity index (χ4n) is 1.44. The smallest absolute Gasteiger partial charge is 0.323 e. The summed E-state index contributed by atoms with van der Waals surface area (Å²) in [5, 5.41) is 9.17. The second kappa shape index (κ2) is 7.59. The summed E-state index contributed by atoms with van der Waals surface area (Å²) in [5.41, 5.74) is 0. The van der Waals surface area contributed by atoms with Gasteiger partial charge in [-0.3, -0.25) is 0 Å². The second-order valence-corrected chi connectivity index (χ2v) is 4.88. The van der Waals surface area contributed by atoms with Crippen LogP contribution in [-0.2, 0) is 6.54 Å². The van der Waals surface area contributed by atoms with Crippen LogP contribution >= 0.6 is 11.3 Å². The van der Waals surface area contributed by atoms with E-state index in [0.717, 1.165) is 18.0 Å². The molecule has 0 atom stereocenters. The third-order valence-corrected chi connectivity index (χ3v) is 3.08. The van der Waals surface area contributed by atoms with Crippen molar-refractivity contribution in [1.29, 1.82) is 0 Å². The third-order valence-electron chi connectivity index (χ3n) is 2.30. The molecule has 2 aromatic rings. The maximum absolute atomic E-state index is 5.35. The van der Waals surface area contributed by atoms with Crippen LogP contribution in [0.15, 0.2) is 11.6 Å². The Morgan fingerprint density at radius 1 is 1.15 bits per heavy atom. The lowest BCUT2D eigenvalue weighted by Crippen LogP contribution is -2.11. The molecule has 0 saturated heterocycles. The van der Waals surface area contributed by atoms with Gasteiger partial charge >= 0.3 is 6.01 Å². The molecule has 8 heteroatoms. The summed E-state index contributed by atoms with van der Waals surface area (Å²) < 4.78 is 5.35. The lowest BCUT2D eigenvalue weighted by atomic mass is 10.5. The number of rotatable bonds is 8. The molecular formula is C12H18N6OS. The van der Waals surface area contributed by atoms with E-state index in [9.17, 15) is 0 Å². The SMILES string of the molecule is CCCNc1nc(NCc2nccs2)nc(OCC)n1. The first kappa shape index (κ1) is 14.4. The zero-order chi connectivity index (χ0) is 14.2. The molecule has 2 rings (SSSR count). The highest BCUT2D eigenvalue weighted by Crippen LogP contribution is 2.13. The van der Waals surface area contributed by atoms with Gasteiger partial charge in [0.05, 0.1) is 13.2 Å². The monoisotopic (exact) mass is 294 g/mol. The Kier molecular flexibility index (Phi) is 5.48. The molecule has 0 saturated carbocycles. The maximum Gasteiger partial charge on any atom is 0.323 e. The molecule has 108 valence electrons. The van der Waals surface area contributed by atoms with Crippen molar-refractivity contribution in [3.63, 3.8) is 0 Å². The van der Waals surface area contributed by atoms with Crippen molar-refractivity contribution in [3.05, 3.63) is 16.6 Å². The van der Waals surface area contributed by atoms with Gasteiger partial charge in [-0.2, -0.15) is 15.0 Å². The van der Waals surface area contributed by atoms with Crippen LogP contribution in [0.3, 0.4) is 0 Å². The number of thiazole rings is 1. The molecule has 0 spiro atoms. The van der Waals surface area contributed by atoms with Crippen LogP contribution in [0.5, 0.6) is 6.01 Å². The highest BCUT2D eigenvalue weighted by atomic mass is 32.1. The summed E-state index contributed by atoms with van der Waals surface area (Å²) in [6.45, 7) is 5.88. The molecule has 0 fully saturated rings. The first-order valence-electron chi connectivity index (χ1n) is 6.56. The first-order valence-corrected chi connectivity index (χ1v) is 7.44. The molecule has 7 nitrogen and oxygen atoms in total. The lowest BCUT2D eigenvalue weighted by molar-refractivity contribution is 0.312. The molecule has 2 aromatic heterocycles. The fourth-order valence-corrected chi connectivity index (χ4v) is 2.00. The predicted molar refractivity (Wildman–Crippen MR) is 79.2 cm³/mol. The minimum Gasteiger partial charge on any atom is -0.464 e. The van der Waals surface area contributed by atoms with Gasteiger partial charge < -0.3 is 15.4 Å². The van der Waals surface area contributed by atoms with E-state index in [1.165, 1.54) is 0 Å². The number of hydrogen-bond donors (Lipinski definition) is 2. The number of hydrogen-bond acceptors (Lipinski definition) is 8. The van der Waals surface area contributed by atoms with Crippen molar-refractivity contribution in [2.45, 2.75) is 26.8 Å². The number of aromatic nitrogens is 4. The Balaban J connectivity index is 2.06. The van der Waals surface area contributed by atoms with Gasteiger partial charge in [0.25, 0.3) is 0 Å².